The topological polar surface area (TPSA) is 84.2 Å². The highest BCUT2D eigenvalue weighted by Gasteiger charge is 2.15. The summed E-state index contributed by atoms with van der Waals surface area (Å²) in [5, 5.41) is 0. The van der Waals surface area contributed by atoms with E-state index in [1.54, 1.807) is 0 Å². The van der Waals surface area contributed by atoms with Gasteiger partial charge in [-0.1, -0.05) is 6.07 Å². The number of nitrogens with two attached hydrogens (primary N) is 1. The molecule has 0 unspecified atom stereocenters. The second-order valence-electron chi connectivity index (χ2n) is 2.54. The fourth-order valence-corrected chi connectivity index (χ4v) is 1.42. The van der Waals surface area contributed by atoms with Crippen molar-refractivity contribution in [1.82, 2.24) is 10.9 Å². The quantitative estimate of drug-likeness (QED) is 0.666. The number of amides is 3. The monoisotopic (exact) mass is 275 g/mol. The van der Waals surface area contributed by atoms with Crippen LogP contribution >= 0.6 is 15.9 Å². The van der Waals surface area contributed by atoms with E-state index in [4.69, 9.17) is 5.73 Å². The van der Waals surface area contributed by atoms with Crippen molar-refractivity contribution in [2.75, 3.05) is 0 Å². The molecular weight excluding hydrogens is 269 g/mol. The Morgan fingerprint density at radius 3 is 2.53 bits per heavy atom. The van der Waals surface area contributed by atoms with E-state index in [9.17, 15) is 14.0 Å². The molecule has 0 aliphatic carbocycles. The van der Waals surface area contributed by atoms with Crippen LogP contribution in [0.5, 0.6) is 0 Å². The first-order valence-corrected chi connectivity index (χ1v) is 4.61. The molecule has 0 aliphatic heterocycles. The first-order valence-electron chi connectivity index (χ1n) is 3.82. The molecule has 0 radical (unpaired) electrons. The van der Waals surface area contributed by atoms with Crippen molar-refractivity contribution >= 4 is 27.9 Å². The Labute approximate surface area is 92.9 Å². The van der Waals surface area contributed by atoms with Crippen LogP contribution in [0.1, 0.15) is 10.4 Å². The third-order valence-corrected chi connectivity index (χ3v) is 2.15. The maximum Gasteiger partial charge on any atom is 0.330 e. The molecule has 1 aromatic rings. The first-order chi connectivity index (χ1) is 7.02. The summed E-state index contributed by atoms with van der Waals surface area (Å²) in [5.74, 6) is -1.49. The van der Waals surface area contributed by atoms with Gasteiger partial charge in [0.05, 0.1) is 5.56 Å². The number of hydrazine groups is 1. The Hall–Kier alpha value is -1.63. The van der Waals surface area contributed by atoms with Crippen LogP contribution in [-0.2, 0) is 0 Å². The molecule has 1 rings (SSSR count). The fraction of sp³-hybridized carbons (Fsp3) is 0. The van der Waals surface area contributed by atoms with Gasteiger partial charge in [-0.2, -0.15) is 0 Å². The number of carbonyl (C=O) groups is 2. The van der Waals surface area contributed by atoms with Crippen LogP contribution in [0.25, 0.3) is 0 Å². The predicted molar refractivity (Wildman–Crippen MR) is 54.3 cm³/mol. The summed E-state index contributed by atoms with van der Waals surface area (Å²) in [5.41, 5.74) is 8.32. The van der Waals surface area contributed by atoms with Gasteiger partial charge >= 0.3 is 6.03 Å². The maximum absolute atomic E-state index is 13.2. The number of nitrogens with one attached hydrogen (secondary N) is 2. The summed E-state index contributed by atoms with van der Waals surface area (Å²) < 4.78 is 13.5. The zero-order chi connectivity index (χ0) is 11.4. The summed E-state index contributed by atoms with van der Waals surface area (Å²) in [6.45, 7) is 0. The van der Waals surface area contributed by atoms with Gasteiger partial charge in [0.15, 0.2) is 0 Å². The van der Waals surface area contributed by atoms with Crippen molar-refractivity contribution in [3.05, 3.63) is 34.1 Å². The number of benzene rings is 1. The Kier molecular flexibility index (Phi) is 3.62. The highest BCUT2D eigenvalue weighted by atomic mass is 79.9. The first kappa shape index (κ1) is 11.4. The molecule has 5 nitrogen and oxygen atoms in total. The molecule has 0 aliphatic rings. The molecule has 80 valence electrons. The lowest BCUT2D eigenvalue weighted by Gasteiger charge is -2.07. The molecule has 0 fully saturated rings. The van der Waals surface area contributed by atoms with Gasteiger partial charge in [0.25, 0.3) is 5.91 Å². The lowest BCUT2D eigenvalue weighted by atomic mass is 10.2. The number of carbonyl (C=O) groups excluding carboxylic acids is 2. The third-order valence-electron chi connectivity index (χ3n) is 1.49. The number of primary amides is 1. The van der Waals surface area contributed by atoms with Crippen LogP contribution in [-0.4, -0.2) is 11.9 Å². The third kappa shape index (κ3) is 2.91. The molecule has 0 atom stereocenters. The smallest absolute Gasteiger partial charge is 0.330 e. The number of hydrogen-bond acceptors (Lipinski definition) is 2. The minimum atomic E-state index is -0.934. The largest absolute Gasteiger partial charge is 0.350 e. The molecule has 0 saturated heterocycles. The van der Waals surface area contributed by atoms with E-state index in [0.717, 1.165) is 6.07 Å². The van der Waals surface area contributed by atoms with Gasteiger partial charge in [0.2, 0.25) is 0 Å². The van der Waals surface area contributed by atoms with E-state index >= 15 is 0 Å². The van der Waals surface area contributed by atoms with Crippen molar-refractivity contribution in [2.24, 2.45) is 5.73 Å². The predicted octanol–water partition coefficient (Wildman–Crippen LogP) is 0.901. The van der Waals surface area contributed by atoms with Crippen molar-refractivity contribution in [2.45, 2.75) is 0 Å². The summed E-state index contributed by atoms with van der Waals surface area (Å²) in [4.78, 5) is 21.6. The van der Waals surface area contributed by atoms with Gasteiger partial charge in [0, 0.05) is 4.47 Å². The van der Waals surface area contributed by atoms with Crippen LogP contribution in [0.2, 0.25) is 0 Å². The molecule has 0 bridgehead atoms. The molecule has 0 heterocycles. The molecule has 1 aromatic carbocycles. The van der Waals surface area contributed by atoms with Crippen molar-refractivity contribution in [1.29, 1.82) is 0 Å². The van der Waals surface area contributed by atoms with Gasteiger partial charge in [0.1, 0.15) is 5.82 Å². The Balaban J connectivity index is 2.86. The zero-order valence-electron chi connectivity index (χ0n) is 7.38. The van der Waals surface area contributed by atoms with Crippen molar-refractivity contribution in [3.8, 4) is 0 Å². The van der Waals surface area contributed by atoms with Gasteiger partial charge in [-0.15, -0.1) is 0 Å². The minimum Gasteiger partial charge on any atom is -0.350 e. The summed E-state index contributed by atoms with van der Waals surface area (Å²) in [6, 6.07) is 3.14. The van der Waals surface area contributed by atoms with Crippen molar-refractivity contribution in [3.63, 3.8) is 0 Å². The van der Waals surface area contributed by atoms with Gasteiger partial charge in [-0.25, -0.2) is 14.6 Å². The fourth-order valence-electron chi connectivity index (χ4n) is 0.896. The SMILES string of the molecule is NC(=O)NNC(=O)c1c(F)cccc1Br. The molecule has 7 heteroatoms. The number of halogens is 2. The number of urea groups is 1. The lowest BCUT2D eigenvalue weighted by Crippen LogP contribution is -2.44. The summed E-state index contributed by atoms with van der Waals surface area (Å²) >= 11 is 3.01. The molecular formula is C8H7BrFN3O2. The van der Waals surface area contributed by atoms with E-state index in [1.807, 2.05) is 10.9 Å². The van der Waals surface area contributed by atoms with Crippen LogP contribution in [0.3, 0.4) is 0 Å². The highest BCUT2D eigenvalue weighted by molar-refractivity contribution is 9.10. The van der Waals surface area contributed by atoms with E-state index in [2.05, 4.69) is 15.9 Å². The average molecular weight is 276 g/mol. The van der Waals surface area contributed by atoms with E-state index in [-0.39, 0.29) is 10.0 Å². The maximum atomic E-state index is 13.2. The zero-order valence-corrected chi connectivity index (χ0v) is 8.97. The summed E-state index contributed by atoms with van der Waals surface area (Å²) in [6.07, 6.45) is 0. The molecule has 15 heavy (non-hydrogen) atoms. The van der Waals surface area contributed by atoms with Gasteiger partial charge < -0.3 is 5.73 Å². The van der Waals surface area contributed by atoms with E-state index in [1.165, 1.54) is 12.1 Å². The normalized spacial score (nSPS) is 9.47. The molecule has 3 amide bonds. The second-order valence-corrected chi connectivity index (χ2v) is 3.39. The van der Waals surface area contributed by atoms with Crippen LogP contribution in [0, 0.1) is 5.82 Å². The average Bonchev–Trinajstić information content (AvgIpc) is 2.14. The van der Waals surface area contributed by atoms with Crippen LogP contribution in [0.15, 0.2) is 22.7 Å². The molecule has 0 aromatic heterocycles. The standard InChI is InChI=1S/C8H7BrFN3O2/c9-4-2-1-3-5(10)6(4)7(14)12-13-8(11)15/h1-3H,(H,12,14)(H3,11,13,15). The van der Waals surface area contributed by atoms with E-state index in [0.29, 0.717) is 0 Å². The van der Waals surface area contributed by atoms with Crippen LogP contribution in [0.4, 0.5) is 9.18 Å². The molecule has 0 saturated carbocycles. The van der Waals surface area contributed by atoms with Crippen LogP contribution < -0.4 is 16.6 Å². The number of hydrogen-bond donors (Lipinski definition) is 3. The van der Waals surface area contributed by atoms with Gasteiger partial charge in [-0.3, -0.25) is 10.2 Å². The second kappa shape index (κ2) is 4.74. The van der Waals surface area contributed by atoms with Crippen molar-refractivity contribution < 1.29 is 14.0 Å². The highest BCUT2D eigenvalue weighted by Crippen LogP contribution is 2.18. The Morgan fingerprint density at radius 1 is 1.33 bits per heavy atom. The molecule has 0 spiro atoms. The number of rotatable bonds is 1. The minimum absolute atomic E-state index is 0.203. The lowest BCUT2D eigenvalue weighted by molar-refractivity contribution is 0.0932. The van der Waals surface area contributed by atoms with Gasteiger partial charge in [-0.05, 0) is 28.1 Å². The molecule has 4 N–H and O–H groups in total. The Morgan fingerprint density at radius 2 is 2.00 bits per heavy atom. The summed E-state index contributed by atoms with van der Waals surface area (Å²) in [7, 11) is 0. The van der Waals surface area contributed by atoms with E-state index < -0.39 is 17.8 Å². The Bertz CT molecular complexity index is 391.